The van der Waals surface area contributed by atoms with E-state index in [9.17, 15) is 0 Å². The van der Waals surface area contributed by atoms with Crippen molar-refractivity contribution in [3.8, 4) is 5.75 Å². The number of ether oxygens (including phenoxy) is 1. The molecule has 0 aliphatic rings. The van der Waals surface area contributed by atoms with Crippen molar-refractivity contribution in [2.24, 2.45) is 0 Å². The molecule has 5 nitrogen and oxygen atoms in total. The van der Waals surface area contributed by atoms with Gasteiger partial charge in [-0.3, -0.25) is 4.98 Å². The van der Waals surface area contributed by atoms with Gasteiger partial charge in [-0.2, -0.15) is 0 Å². The first kappa shape index (κ1) is 11.6. The van der Waals surface area contributed by atoms with Gasteiger partial charge in [-0.05, 0) is 18.7 Å². The molecule has 0 aromatic carbocycles. The summed E-state index contributed by atoms with van der Waals surface area (Å²) in [6, 6.07) is 3.68. The molecule has 2 aromatic rings. The Morgan fingerprint density at radius 3 is 2.94 bits per heavy atom. The van der Waals surface area contributed by atoms with Crippen molar-refractivity contribution >= 4 is 0 Å². The molecule has 2 rings (SSSR count). The summed E-state index contributed by atoms with van der Waals surface area (Å²) in [5, 5.41) is 3.34. The van der Waals surface area contributed by atoms with E-state index in [1.807, 2.05) is 19.1 Å². The Bertz CT molecular complexity index is 455. The highest BCUT2D eigenvalue weighted by Gasteiger charge is 2.20. The van der Waals surface area contributed by atoms with Crippen LogP contribution in [0.3, 0.4) is 0 Å². The minimum Gasteiger partial charge on any atom is -0.495 e. The standard InChI is InChI=1S/C12H16N4O/c1-3-13-11(12-15-7-8-16-12)10-9(17-2)5-4-6-14-10/h4-8,11,13H,3H2,1-2H3,(H,15,16). The number of aromatic nitrogens is 3. The van der Waals surface area contributed by atoms with Gasteiger partial charge in [0.25, 0.3) is 0 Å². The van der Waals surface area contributed by atoms with E-state index in [1.54, 1.807) is 25.7 Å². The zero-order chi connectivity index (χ0) is 12.1. The third-order valence-electron chi connectivity index (χ3n) is 2.49. The topological polar surface area (TPSA) is 62.8 Å². The number of hydrogen-bond donors (Lipinski definition) is 2. The fraction of sp³-hybridized carbons (Fsp3) is 0.333. The molecule has 17 heavy (non-hydrogen) atoms. The van der Waals surface area contributed by atoms with Crippen molar-refractivity contribution in [2.45, 2.75) is 13.0 Å². The fourth-order valence-corrected chi connectivity index (χ4v) is 1.75. The van der Waals surface area contributed by atoms with Gasteiger partial charge in [0.2, 0.25) is 0 Å². The van der Waals surface area contributed by atoms with Crippen LogP contribution in [-0.2, 0) is 0 Å². The van der Waals surface area contributed by atoms with Gasteiger partial charge in [0.15, 0.2) is 0 Å². The first-order valence-corrected chi connectivity index (χ1v) is 5.58. The van der Waals surface area contributed by atoms with Crippen molar-refractivity contribution in [1.29, 1.82) is 0 Å². The summed E-state index contributed by atoms with van der Waals surface area (Å²) in [5.41, 5.74) is 0.840. The Balaban J connectivity index is 2.39. The predicted octanol–water partition coefficient (Wildman–Crippen LogP) is 1.51. The summed E-state index contributed by atoms with van der Waals surface area (Å²) < 4.78 is 5.33. The maximum absolute atomic E-state index is 5.33. The Kier molecular flexibility index (Phi) is 3.72. The molecule has 0 spiro atoms. The number of nitrogens with one attached hydrogen (secondary N) is 2. The fourth-order valence-electron chi connectivity index (χ4n) is 1.75. The molecular formula is C12H16N4O. The van der Waals surface area contributed by atoms with E-state index in [1.165, 1.54) is 0 Å². The second-order valence-electron chi connectivity index (χ2n) is 3.56. The molecule has 0 aliphatic carbocycles. The van der Waals surface area contributed by atoms with E-state index in [2.05, 4.69) is 20.3 Å². The van der Waals surface area contributed by atoms with Crippen molar-refractivity contribution in [2.75, 3.05) is 13.7 Å². The smallest absolute Gasteiger partial charge is 0.142 e. The van der Waals surface area contributed by atoms with Gasteiger partial charge in [0.05, 0.1) is 7.11 Å². The molecule has 0 radical (unpaired) electrons. The summed E-state index contributed by atoms with van der Waals surface area (Å²) in [7, 11) is 1.64. The lowest BCUT2D eigenvalue weighted by Crippen LogP contribution is -2.24. The second-order valence-corrected chi connectivity index (χ2v) is 3.56. The monoisotopic (exact) mass is 232 g/mol. The van der Waals surface area contributed by atoms with Crippen molar-refractivity contribution < 1.29 is 4.74 Å². The average Bonchev–Trinajstić information content (AvgIpc) is 2.89. The highest BCUT2D eigenvalue weighted by Crippen LogP contribution is 2.25. The zero-order valence-corrected chi connectivity index (χ0v) is 9.97. The van der Waals surface area contributed by atoms with Crippen LogP contribution in [0.2, 0.25) is 0 Å². The van der Waals surface area contributed by atoms with E-state index in [-0.39, 0.29) is 6.04 Å². The SMILES string of the molecule is CCNC(c1ncc[nH]1)c1ncccc1OC. The maximum Gasteiger partial charge on any atom is 0.142 e. The first-order valence-electron chi connectivity index (χ1n) is 5.58. The van der Waals surface area contributed by atoms with Crippen LogP contribution >= 0.6 is 0 Å². The van der Waals surface area contributed by atoms with Crippen LogP contribution in [0, 0.1) is 0 Å². The number of hydrogen-bond acceptors (Lipinski definition) is 4. The van der Waals surface area contributed by atoms with E-state index >= 15 is 0 Å². The molecule has 5 heteroatoms. The first-order chi connectivity index (χ1) is 8.36. The molecule has 0 saturated carbocycles. The Morgan fingerprint density at radius 1 is 1.41 bits per heavy atom. The van der Waals surface area contributed by atoms with Crippen LogP contribution in [0.25, 0.3) is 0 Å². The molecule has 2 N–H and O–H groups in total. The molecule has 1 unspecified atom stereocenters. The van der Waals surface area contributed by atoms with E-state index in [0.29, 0.717) is 0 Å². The number of nitrogens with zero attached hydrogens (tertiary/aromatic N) is 2. The Morgan fingerprint density at radius 2 is 2.29 bits per heavy atom. The molecule has 0 saturated heterocycles. The van der Waals surface area contributed by atoms with E-state index < -0.39 is 0 Å². The average molecular weight is 232 g/mol. The molecule has 0 fully saturated rings. The van der Waals surface area contributed by atoms with Crippen LogP contribution in [0.1, 0.15) is 24.5 Å². The molecule has 0 aliphatic heterocycles. The lowest BCUT2D eigenvalue weighted by Gasteiger charge is -2.17. The van der Waals surface area contributed by atoms with E-state index in [0.717, 1.165) is 23.8 Å². The van der Waals surface area contributed by atoms with Gasteiger partial charge in [-0.15, -0.1) is 0 Å². The Hall–Kier alpha value is -1.88. The number of methoxy groups -OCH3 is 1. The predicted molar refractivity (Wildman–Crippen MR) is 64.9 cm³/mol. The molecule has 1 atom stereocenters. The van der Waals surface area contributed by atoms with Crippen molar-refractivity contribution in [1.82, 2.24) is 20.3 Å². The van der Waals surface area contributed by atoms with Crippen molar-refractivity contribution in [3.63, 3.8) is 0 Å². The third kappa shape index (κ3) is 2.45. The zero-order valence-electron chi connectivity index (χ0n) is 9.97. The summed E-state index contributed by atoms with van der Waals surface area (Å²) in [6.45, 7) is 2.87. The van der Waals surface area contributed by atoms with Crippen molar-refractivity contribution in [3.05, 3.63) is 42.2 Å². The highest BCUT2D eigenvalue weighted by atomic mass is 16.5. The van der Waals surface area contributed by atoms with E-state index in [4.69, 9.17) is 4.74 Å². The van der Waals surface area contributed by atoms with Crippen LogP contribution in [0.4, 0.5) is 0 Å². The summed E-state index contributed by atoms with van der Waals surface area (Å²) in [6.07, 6.45) is 5.29. The largest absolute Gasteiger partial charge is 0.495 e. The molecule has 2 aromatic heterocycles. The van der Waals surface area contributed by atoms with Gasteiger partial charge in [0.1, 0.15) is 23.3 Å². The number of pyridine rings is 1. The van der Waals surface area contributed by atoms with Crippen LogP contribution < -0.4 is 10.1 Å². The van der Waals surface area contributed by atoms with Gasteiger partial charge >= 0.3 is 0 Å². The number of aromatic amines is 1. The van der Waals surface area contributed by atoms with Gasteiger partial charge < -0.3 is 15.0 Å². The molecular weight excluding hydrogens is 216 g/mol. The quantitative estimate of drug-likeness (QED) is 0.820. The van der Waals surface area contributed by atoms with Gasteiger partial charge in [-0.1, -0.05) is 6.92 Å². The second kappa shape index (κ2) is 5.45. The third-order valence-corrected chi connectivity index (χ3v) is 2.49. The lowest BCUT2D eigenvalue weighted by atomic mass is 10.1. The van der Waals surface area contributed by atoms with Crippen LogP contribution in [-0.4, -0.2) is 28.6 Å². The lowest BCUT2D eigenvalue weighted by molar-refractivity contribution is 0.399. The highest BCUT2D eigenvalue weighted by molar-refractivity contribution is 5.32. The van der Waals surface area contributed by atoms with Crippen LogP contribution in [0.15, 0.2) is 30.7 Å². The molecule has 0 amide bonds. The number of H-pyrrole nitrogens is 1. The van der Waals surface area contributed by atoms with Crippen LogP contribution in [0.5, 0.6) is 5.75 Å². The number of rotatable bonds is 5. The summed E-state index contributed by atoms with van der Waals surface area (Å²) in [4.78, 5) is 11.8. The molecule has 0 bridgehead atoms. The Labute approximate surface area is 100 Å². The molecule has 2 heterocycles. The normalized spacial score (nSPS) is 12.4. The van der Waals surface area contributed by atoms with Gasteiger partial charge in [0, 0.05) is 18.6 Å². The minimum absolute atomic E-state index is 0.0776. The summed E-state index contributed by atoms with van der Waals surface area (Å²) >= 11 is 0. The van der Waals surface area contributed by atoms with Gasteiger partial charge in [-0.25, -0.2) is 4.98 Å². The molecule has 90 valence electrons. The maximum atomic E-state index is 5.33. The minimum atomic E-state index is -0.0776. The number of imidazole rings is 1. The summed E-state index contributed by atoms with van der Waals surface area (Å²) in [5.74, 6) is 1.60.